The molecule has 0 bridgehead atoms. The zero-order valence-corrected chi connectivity index (χ0v) is 19.5. The van der Waals surface area contributed by atoms with Crippen LogP contribution in [0.5, 0.6) is 0 Å². The Kier molecular flexibility index (Phi) is 5.88. The summed E-state index contributed by atoms with van der Waals surface area (Å²) in [6.07, 6.45) is 3.25. The molecule has 3 aromatic carbocycles. The number of nitrogens with one attached hydrogen (secondary N) is 1. The first-order chi connectivity index (χ1) is 16.8. The normalized spacial score (nSPS) is 15.2. The molecule has 1 N–H and O–H groups in total. The van der Waals surface area contributed by atoms with Crippen LogP contribution in [0.15, 0.2) is 78.5 Å². The highest BCUT2D eigenvalue weighted by molar-refractivity contribution is 6.39. The molecule has 35 heavy (non-hydrogen) atoms. The van der Waals surface area contributed by atoms with Gasteiger partial charge in [-0.05, 0) is 54.1 Å². The second-order valence-electron chi connectivity index (χ2n) is 7.90. The first-order valence-electron chi connectivity index (χ1n) is 10.5. The van der Waals surface area contributed by atoms with Crippen LogP contribution in [0.4, 0.5) is 14.9 Å². The third-order valence-corrected chi connectivity index (χ3v) is 6.25. The van der Waals surface area contributed by atoms with Gasteiger partial charge in [0.25, 0.3) is 11.8 Å². The predicted molar refractivity (Wildman–Crippen MR) is 133 cm³/mol. The van der Waals surface area contributed by atoms with Crippen molar-refractivity contribution in [1.82, 2.24) is 9.88 Å². The van der Waals surface area contributed by atoms with Crippen LogP contribution >= 0.6 is 23.2 Å². The van der Waals surface area contributed by atoms with Crippen LogP contribution in [0.3, 0.4) is 0 Å². The minimum atomic E-state index is -0.899. The summed E-state index contributed by atoms with van der Waals surface area (Å²) in [5.74, 6) is -2.13. The molecular formula is C26H16Cl2FN3O3. The number of nitrogens with zero attached hydrogens (tertiary/aromatic N) is 2. The Morgan fingerprint density at radius 2 is 1.69 bits per heavy atom. The second kappa shape index (κ2) is 9.02. The molecule has 1 fully saturated rings. The Labute approximate surface area is 209 Å². The molecule has 5 rings (SSSR count). The van der Waals surface area contributed by atoms with Gasteiger partial charge in [-0.25, -0.2) is 14.1 Å². The van der Waals surface area contributed by atoms with Gasteiger partial charge in [0.1, 0.15) is 11.4 Å². The summed E-state index contributed by atoms with van der Waals surface area (Å²) >= 11 is 12.4. The number of urea groups is 1. The lowest BCUT2D eigenvalue weighted by molar-refractivity contribution is -0.122. The van der Waals surface area contributed by atoms with E-state index < -0.39 is 23.7 Å². The number of hydrogen-bond donors (Lipinski definition) is 1. The van der Waals surface area contributed by atoms with Gasteiger partial charge in [-0.2, -0.15) is 0 Å². The highest BCUT2D eigenvalue weighted by Crippen LogP contribution is 2.29. The molecule has 6 nitrogen and oxygen atoms in total. The number of imide groups is 2. The number of hydrogen-bond acceptors (Lipinski definition) is 3. The van der Waals surface area contributed by atoms with Crippen molar-refractivity contribution >= 4 is 63.7 Å². The zero-order chi connectivity index (χ0) is 24.7. The van der Waals surface area contributed by atoms with Gasteiger partial charge in [0, 0.05) is 39.3 Å². The largest absolute Gasteiger partial charge is 0.342 e. The summed E-state index contributed by atoms with van der Waals surface area (Å²) in [6, 6.07) is 16.7. The minimum absolute atomic E-state index is 0.145. The van der Waals surface area contributed by atoms with E-state index in [1.165, 1.54) is 18.2 Å². The maximum absolute atomic E-state index is 13.3. The monoisotopic (exact) mass is 507 g/mol. The van der Waals surface area contributed by atoms with E-state index in [9.17, 15) is 18.8 Å². The van der Waals surface area contributed by atoms with Gasteiger partial charge in [0.05, 0.1) is 5.69 Å². The van der Waals surface area contributed by atoms with Crippen molar-refractivity contribution in [3.05, 3.63) is 105 Å². The van der Waals surface area contributed by atoms with E-state index in [1.807, 2.05) is 41.1 Å². The molecule has 0 spiro atoms. The van der Waals surface area contributed by atoms with Crippen LogP contribution in [0.1, 0.15) is 11.1 Å². The number of para-hydroxylation sites is 1. The van der Waals surface area contributed by atoms with Crippen molar-refractivity contribution < 1.29 is 18.8 Å². The number of amides is 4. The van der Waals surface area contributed by atoms with Crippen molar-refractivity contribution in [2.24, 2.45) is 0 Å². The van der Waals surface area contributed by atoms with E-state index in [4.69, 9.17) is 23.2 Å². The van der Waals surface area contributed by atoms with Crippen molar-refractivity contribution in [1.29, 1.82) is 0 Å². The third-order valence-electron chi connectivity index (χ3n) is 5.66. The molecule has 4 amide bonds. The molecule has 1 aromatic heterocycles. The number of rotatable bonds is 4. The maximum atomic E-state index is 13.3. The molecule has 0 radical (unpaired) electrons. The quantitative estimate of drug-likeness (QED) is 0.280. The minimum Gasteiger partial charge on any atom is -0.342 e. The highest BCUT2D eigenvalue weighted by Gasteiger charge is 2.37. The Balaban J connectivity index is 1.57. The Hall–Kier alpha value is -3.94. The van der Waals surface area contributed by atoms with E-state index >= 15 is 0 Å². The predicted octanol–water partition coefficient (Wildman–Crippen LogP) is 5.80. The van der Waals surface area contributed by atoms with Gasteiger partial charge in [-0.15, -0.1) is 0 Å². The number of carbonyl (C=O) groups is 3. The third kappa shape index (κ3) is 4.32. The van der Waals surface area contributed by atoms with Gasteiger partial charge in [0.15, 0.2) is 0 Å². The second-order valence-corrected chi connectivity index (χ2v) is 8.74. The van der Waals surface area contributed by atoms with Gasteiger partial charge < -0.3 is 4.57 Å². The van der Waals surface area contributed by atoms with Crippen LogP contribution in [0.2, 0.25) is 10.0 Å². The summed E-state index contributed by atoms with van der Waals surface area (Å²) < 4.78 is 15.3. The molecule has 1 aliphatic rings. The summed E-state index contributed by atoms with van der Waals surface area (Å²) in [7, 11) is 0. The molecular weight excluding hydrogens is 492 g/mol. The number of carbonyl (C=O) groups excluding carboxylic acids is 3. The summed E-state index contributed by atoms with van der Waals surface area (Å²) in [5.41, 5.74) is 2.24. The molecule has 2 heterocycles. The topological polar surface area (TPSA) is 71.4 Å². The fraction of sp³-hybridized carbons (Fsp3) is 0.0385. The summed E-state index contributed by atoms with van der Waals surface area (Å²) in [6.45, 7) is 0.431. The lowest BCUT2D eigenvalue weighted by Gasteiger charge is -2.26. The zero-order valence-electron chi connectivity index (χ0n) is 18.0. The van der Waals surface area contributed by atoms with Gasteiger partial charge in [-0.3, -0.25) is 14.9 Å². The molecule has 9 heteroatoms. The van der Waals surface area contributed by atoms with Crippen LogP contribution in [0, 0.1) is 5.82 Å². The molecule has 0 unspecified atom stereocenters. The molecule has 1 aliphatic heterocycles. The molecule has 0 aliphatic carbocycles. The van der Waals surface area contributed by atoms with E-state index in [-0.39, 0.29) is 11.3 Å². The van der Waals surface area contributed by atoms with Gasteiger partial charge in [-0.1, -0.05) is 47.5 Å². The summed E-state index contributed by atoms with van der Waals surface area (Å²) in [4.78, 5) is 39.0. The number of benzene rings is 3. The number of halogens is 3. The SMILES string of the molecule is O=C1NC(=O)N(c2ccc(F)cc2)C(=O)C1=Cc1cn(Cc2ccc(Cl)cc2Cl)c2ccccc12. The van der Waals surface area contributed by atoms with E-state index in [2.05, 4.69) is 5.32 Å². The van der Waals surface area contributed by atoms with Crippen molar-refractivity contribution in [3.8, 4) is 0 Å². The molecule has 4 aromatic rings. The number of aromatic nitrogens is 1. The first-order valence-corrected chi connectivity index (χ1v) is 11.3. The average Bonchev–Trinajstić information content (AvgIpc) is 3.17. The van der Waals surface area contributed by atoms with Crippen molar-refractivity contribution in [2.75, 3.05) is 4.90 Å². The van der Waals surface area contributed by atoms with E-state index in [0.717, 1.165) is 33.5 Å². The first kappa shape index (κ1) is 22.8. The van der Waals surface area contributed by atoms with Crippen LogP contribution in [0.25, 0.3) is 17.0 Å². The van der Waals surface area contributed by atoms with Crippen molar-refractivity contribution in [2.45, 2.75) is 6.54 Å². The molecule has 0 saturated carbocycles. The van der Waals surface area contributed by atoms with Crippen LogP contribution < -0.4 is 10.2 Å². The summed E-state index contributed by atoms with van der Waals surface area (Å²) in [5, 5.41) is 4.03. The fourth-order valence-corrected chi connectivity index (χ4v) is 4.46. The number of fused-ring (bicyclic) bond motifs is 1. The standard InChI is InChI=1S/C26H16Cl2FN3O3/c27-17-6-5-15(22(28)12-17)13-31-14-16(20-3-1-2-4-23(20)31)11-21-24(33)30-26(35)32(25(21)34)19-9-7-18(29)8-10-19/h1-12,14H,13H2,(H,30,33,35). The molecule has 0 atom stereocenters. The highest BCUT2D eigenvalue weighted by atomic mass is 35.5. The van der Waals surface area contributed by atoms with E-state index in [1.54, 1.807) is 12.1 Å². The van der Waals surface area contributed by atoms with Gasteiger partial charge in [0.2, 0.25) is 0 Å². The van der Waals surface area contributed by atoms with Crippen LogP contribution in [-0.2, 0) is 16.1 Å². The van der Waals surface area contributed by atoms with Gasteiger partial charge >= 0.3 is 6.03 Å². The Morgan fingerprint density at radius 1 is 0.943 bits per heavy atom. The lowest BCUT2D eigenvalue weighted by Crippen LogP contribution is -2.54. The Bertz CT molecular complexity index is 1540. The van der Waals surface area contributed by atoms with Crippen molar-refractivity contribution in [3.63, 3.8) is 0 Å². The number of barbiturate groups is 1. The van der Waals surface area contributed by atoms with Crippen LogP contribution in [-0.4, -0.2) is 22.4 Å². The fourth-order valence-electron chi connectivity index (χ4n) is 3.99. The lowest BCUT2D eigenvalue weighted by atomic mass is 10.1. The molecule has 174 valence electrons. The maximum Gasteiger partial charge on any atom is 0.335 e. The average molecular weight is 508 g/mol. The van der Waals surface area contributed by atoms with E-state index in [0.29, 0.717) is 22.2 Å². The Morgan fingerprint density at radius 3 is 2.43 bits per heavy atom. The molecule has 1 saturated heterocycles. The number of anilines is 1. The smallest absolute Gasteiger partial charge is 0.335 e.